The van der Waals surface area contributed by atoms with Crippen LogP contribution in [0.2, 0.25) is 0 Å². The van der Waals surface area contributed by atoms with Crippen molar-refractivity contribution in [2.45, 2.75) is 38.5 Å². The monoisotopic (exact) mass is 555 g/mol. The van der Waals surface area contributed by atoms with Crippen LogP contribution in [0.1, 0.15) is 49.9 Å². The molecule has 0 amide bonds. The molecule has 0 aromatic heterocycles. The van der Waals surface area contributed by atoms with E-state index in [1.165, 1.54) is 61.6 Å². The van der Waals surface area contributed by atoms with Crippen molar-refractivity contribution in [2.24, 2.45) is 0 Å². The third kappa shape index (κ3) is 3.29. The molecule has 5 aromatic rings. The molecular formula is C36H30BrN. The number of benzene rings is 5. The highest BCUT2D eigenvalue weighted by Gasteiger charge is 2.42. The summed E-state index contributed by atoms with van der Waals surface area (Å²) >= 11 is 3.72. The minimum absolute atomic E-state index is 0.0760. The molecule has 38 heavy (non-hydrogen) atoms. The largest absolute Gasteiger partial charge is 0.310 e. The lowest BCUT2D eigenvalue weighted by Gasteiger charge is -2.43. The minimum Gasteiger partial charge on any atom is -0.310 e. The summed E-state index contributed by atoms with van der Waals surface area (Å²) in [7, 11) is 0. The van der Waals surface area contributed by atoms with Crippen molar-refractivity contribution in [2.75, 3.05) is 4.90 Å². The number of hydrogen-bond donors (Lipinski definition) is 0. The van der Waals surface area contributed by atoms with E-state index in [4.69, 9.17) is 0 Å². The number of hydrogen-bond acceptors (Lipinski definition) is 1. The summed E-state index contributed by atoms with van der Waals surface area (Å²) in [5, 5.41) is 0. The van der Waals surface area contributed by atoms with E-state index in [2.05, 4.69) is 158 Å². The second-order valence-electron chi connectivity index (χ2n) is 11.6. The third-order valence-corrected chi connectivity index (χ3v) is 9.21. The fraction of sp³-hybridized carbons (Fsp3) is 0.167. The van der Waals surface area contributed by atoms with Crippen molar-refractivity contribution in [3.63, 3.8) is 0 Å². The van der Waals surface area contributed by atoms with Gasteiger partial charge in [-0.3, -0.25) is 0 Å². The zero-order valence-corrected chi connectivity index (χ0v) is 23.8. The van der Waals surface area contributed by atoms with Crippen molar-refractivity contribution < 1.29 is 0 Å². The predicted octanol–water partition coefficient (Wildman–Crippen LogP) is 10.5. The number of anilines is 3. The van der Waals surface area contributed by atoms with Crippen molar-refractivity contribution in [3.8, 4) is 22.3 Å². The molecule has 0 unspecified atom stereocenters. The van der Waals surface area contributed by atoms with Crippen LogP contribution in [-0.2, 0) is 10.8 Å². The number of para-hydroxylation sites is 1. The van der Waals surface area contributed by atoms with Gasteiger partial charge in [-0.25, -0.2) is 0 Å². The lowest BCUT2D eigenvalue weighted by molar-refractivity contribution is 0.627. The molecule has 1 heterocycles. The maximum absolute atomic E-state index is 3.72. The number of nitrogens with zero attached hydrogens (tertiary/aromatic N) is 1. The molecule has 186 valence electrons. The highest BCUT2D eigenvalue weighted by Crippen LogP contribution is 2.57. The normalized spacial score (nSPS) is 15.9. The summed E-state index contributed by atoms with van der Waals surface area (Å²) < 4.78 is 1.13. The van der Waals surface area contributed by atoms with Gasteiger partial charge >= 0.3 is 0 Å². The van der Waals surface area contributed by atoms with Crippen LogP contribution in [-0.4, -0.2) is 0 Å². The highest BCUT2D eigenvalue weighted by atomic mass is 79.9. The number of rotatable bonds is 2. The lowest BCUT2D eigenvalue weighted by atomic mass is 9.72. The molecule has 0 N–H and O–H groups in total. The van der Waals surface area contributed by atoms with Gasteiger partial charge in [0, 0.05) is 21.0 Å². The first kappa shape index (κ1) is 23.5. The van der Waals surface area contributed by atoms with Crippen molar-refractivity contribution in [1.29, 1.82) is 0 Å². The van der Waals surface area contributed by atoms with E-state index in [9.17, 15) is 0 Å². The molecule has 1 aliphatic carbocycles. The quantitative estimate of drug-likeness (QED) is 0.209. The lowest BCUT2D eigenvalue weighted by Crippen LogP contribution is -2.31. The Morgan fingerprint density at radius 3 is 1.89 bits per heavy atom. The number of halogens is 1. The van der Waals surface area contributed by atoms with Gasteiger partial charge in [-0.1, -0.05) is 110 Å². The summed E-state index contributed by atoms with van der Waals surface area (Å²) in [6.45, 7) is 9.46. The molecule has 1 nitrogen and oxygen atoms in total. The standard InChI is InChI=1S/C36H30BrN/c1-35(2)29-12-8-9-13-33(29)38(26-17-14-24(15-18-26)23-10-6-5-7-11-23)34-22-31-28(21-32(34)35)27-19-16-25(37)20-30(27)36(31,3)4/h5-22H,1-4H3. The molecule has 0 atom stereocenters. The van der Waals surface area contributed by atoms with Gasteiger partial charge in [-0.05, 0) is 87.0 Å². The Bertz CT molecular complexity index is 1710. The zero-order chi connectivity index (χ0) is 26.2. The van der Waals surface area contributed by atoms with Crippen molar-refractivity contribution in [3.05, 3.63) is 136 Å². The first-order chi connectivity index (χ1) is 18.3. The van der Waals surface area contributed by atoms with Crippen LogP contribution in [0.4, 0.5) is 17.1 Å². The van der Waals surface area contributed by atoms with E-state index in [1.807, 2.05) is 0 Å². The van der Waals surface area contributed by atoms with Gasteiger partial charge in [0.15, 0.2) is 0 Å². The van der Waals surface area contributed by atoms with Crippen LogP contribution in [0.3, 0.4) is 0 Å². The van der Waals surface area contributed by atoms with Crippen LogP contribution in [0.25, 0.3) is 22.3 Å². The smallest absolute Gasteiger partial charge is 0.0506 e. The van der Waals surface area contributed by atoms with Gasteiger partial charge in [0.25, 0.3) is 0 Å². The highest BCUT2D eigenvalue weighted by molar-refractivity contribution is 9.10. The van der Waals surface area contributed by atoms with Gasteiger partial charge in [0.2, 0.25) is 0 Å². The van der Waals surface area contributed by atoms with Gasteiger partial charge in [-0.15, -0.1) is 0 Å². The van der Waals surface area contributed by atoms with E-state index in [1.54, 1.807) is 0 Å². The molecule has 7 rings (SSSR count). The summed E-state index contributed by atoms with van der Waals surface area (Å²) in [5.74, 6) is 0. The Kier molecular flexibility index (Phi) is 5.06. The Morgan fingerprint density at radius 2 is 1.13 bits per heavy atom. The van der Waals surface area contributed by atoms with E-state index in [0.717, 1.165) is 4.47 Å². The van der Waals surface area contributed by atoms with E-state index < -0.39 is 0 Å². The third-order valence-electron chi connectivity index (χ3n) is 8.72. The maximum Gasteiger partial charge on any atom is 0.0506 e. The molecule has 5 aromatic carbocycles. The Labute approximate surface area is 233 Å². The van der Waals surface area contributed by atoms with Gasteiger partial charge in [0.05, 0.1) is 11.4 Å². The summed E-state index contributed by atoms with van der Waals surface area (Å²) in [5.41, 5.74) is 14.2. The van der Waals surface area contributed by atoms with Crippen molar-refractivity contribution in [1.82, 2.24) is 0 Å². The first-order valence-corrected chi connectivity index (χ1v) is 14.1. The van der Waals surface area contributed by atoms with E-state index in [0.29, 0.717) is 0 Å². The second kappa shape index (κ2) is 8.19. The molecule has 0 fully saturated rings. The average Bonchev–Trinajstić information content (AvgIpc) is 3.14. The van der Waals surface area contributed by atoms with Crippen molar-refractivity contribution >= 4 is 33.0 Å². The van der Waals surface area contributed by atoms with Crippen LogP contribution in [0, 0.1) is 0 Å². The van der Waals surface area contributed by atoms with E-state index >= 15 is 0 Å². The maximum atomic E-state index is 3.72. The molecule has 2 aliphatic rings. The Hall–Kier alpha value is -3.62. The second-order valence-corrected chi connectivity index (χ2v) is 12.5. The van der Waals surface area contributed by atoms with Gasteiger partial charge < -0.3 is 4.90 Å². The van der Waals surface area contributed by atoms with E-state index in [-0.39, 0.29) is 10.8 Å². The van der Waals surface area contributed by atoms with Crippen LogP contribution in [0.5, 0.6) is 0 Å². The van der Waals surface area contributed by atoms with Crippen LogP contribution < -0.4 is 4.90 Å². The average molecular weight is 557 g/mol. The summed E-state index contributed by atoms with van der Waals surface area (Å²) in [4.78, 5) is 2.47. The Morgan fingerprint density at radius 1 is 0.500 bits per heavy atom. The number of fused-ring (bicyclic) bond motifs is 5. The molecular weight excluding hydrogens is 526 g/mol. The molecule has 0 bridgehead atoms. The zero-order valence-electron chi connectivity index (χ0n) is 22.2. The Balaban J connectivity index is 1.46. The predicted molar refractivity (Wildman–Crippen MR) is 164 cm³/mol. The molecule has 0 spiro atoms. The first-order valence-electron chi connectivity index (χ1n) is 13.3. The molecule has 2 heteroatoms. The topological polar surface area (TPSA) is 3.24 Å². The molecule has 0 saturated heterocycles. The molecule has 0 radical (unpaired) electrons. The summed E-state index contributed by atoms with van der Waals surface area (Å²) in [6, 6.07) is 40.3. The SMILES string of the molecule is CC1(C)c2cc(Br)ccc2-c2cc3c(cc21)N(c1ccc(-c2ccccc2)cc1)c1ccccc1C3(C)C. The summed E-state index contributed by atoms with van der Waals surface area (Å²) in [6.07, 6.45) is 0. The molecule has 1 aliphatic heterocycles. The van der Waals surface area contributed by atoms with Crippen LogP contribution in [0.15, 0.2) is 114 Å². The molecule has 0 saturated carbocycles. The fourth-order valence-electron chi connectivity index (χ4n) is 6.61. The van der Waals surface area contributed by atoms with Crippen LogP contribution >= 0.6 is 15.9 Å². The minimum atomic E-state index is -0.121. The van der Waals surface area contributed by atoms with Gasteiger partial charge in [-0.2, -0.15) is 0 Å². The fourth-order valence-corrected chi connectivity index (χ4v) is 6.97. The van der Waals surface area contributed by atoms with Gasteiger partial charge in [0.1, 0.15) is 0 Å².